The maximum absolute atomic E-state index is 12.9. The quantitative estimate of drug-likeness (QED) is 0.127. The minimum Gasteiger partial charge on any atom is -0.399 e. The Labute approximate surface area is 296 Å². The average Bonchev–Trinajstić information content (AvgIpc) is 3.46. The van der Waals surface area contributed by atoms with Gasteiger partial charge in [0.05, 0.1) is 19.2 Å². The van der Waals surface area contributed by atoms with Gasteiger partial charge in [0, 0.05) is 33.5 Å². The molecule has 6 N–H and O–H groups in total. The lowest BCUT2D eigenvalue weighted by atomic mass is 10.1. The van der Waals surface area contributed by atoms with Crippen molar-refractivity contribution in [3.63, 3.8) is 0 Å². The van der Waals surface area contributed by atoms with Crippen LogP contribution >= 0.6 is 0 Å². The standard InChI is InChI=1S/C39H36N6O6/c1-27(46)35(42-37(48)32-20-14-28(15-21-32)9-5-4-8-25-44(2)3)38(49)43-51-45-26-24-34(39(45)50)41-36(47)31-18-12-29(13-19-31)10-6-7-11-30-16-22-33(40)23-17-30/h12-23,27,34-35,46H,24-26,40H2,1-3H3,(H,41,47)(H,42,48)(H,43,49). The summed E-state index contributed by atoms with van der Waals surface area (Å²) in [6.07, 6.45) is -1.08. The van der Waals surface area contributed by atoms with E-state index in [1.807, 2.05) is 19.0 Å². The molecule has 12 nitrogen and oxygen atoms in total. The monoisotopic (exact) mass is 684 g/mol. The summed E-state index contributed by atoms with van der Waals surface area (Å²) in [6.45, 7) is 1.98. The number of rotatable bonds is 9. The predicted molar refractivity (Wildman–Crippen MR) is 190 cm³/mol. The minimum absolute atomic E-state index is 0.0676. The first-order chi connectivity index (χ1) is 24.5. The fourth-order valence-corrected chi connectivity index (χ4v) is 4.44. The van der Waals surface area contributed by atoms with Crippen molar-refractivity contribution in [1.82, 2.24) is 26.1 Å². The Bertz CT molecular complexity index is 2000. The van der Waals surface area contributed by atoms with Gasteiger partial charge in [-0.25, -0.2) is 5.48 Å². The molecule has 3 unspecified atom stereocenters. The molecule has 4 amide bonds. The van der Waals surface area contributed by atoms with Crippen LogP contribution in [0.2, 0.25) is 0 Å². The first kappa shape index (κ1) is 37.3. The highest BCUT2D eigenvalue weighted by atomic mass is 16.8. The number of carbonyl (C=O) groups excluding carboxylic acids is 4. The molecule has 258 valence electrons. The van der Waals surface area contributed by atoms with E-state index in [2.05, 4.69) is 63.5 Å². The van der Waals surface area contributed by atoms with E-state index in [-0.39, 0.29) is 18.5 Å². The van der Waals surface area contributed by atoms with Gasteiger partial charge in [-0.1, -0.05) is 23.7 Å². The molecule has 0 saturated carbocycles. The zero-order valence-corrected chi connectivity index (χ0v) is 28.2. The van der Waals surface area contributed by atoms with Crippen LogP contribution in [-0.4, -0.2) is 84.1 Å². The number of amides is 4. The molecule has 3 aromatic carbocycles. The second-order valence-electron chi connectivity index (χ2n) is 11.6. The van der Waals surface area contributed by atoms with Gasteiger partial charge in [0.1, 0.15) is 12.1 Å². The number of benzene rings is 3. The van der Waals surface area contributed by atoms with Gasteiger partial charge in [-0.2, -0.15) is 10.0 Å². The summed E-state index contributed by atoms with van der Waals surface area (Å²) in [5.74, 6) is 20.1. The van der Waals surface area contributed by atoms with Crippen LogP contribution in [0.25, 0.3) is 0 Å². The highest BCUT2D eigenvalue weighted by Crippen LogP contribution is 2.13. The Morgan fingerprint density at radius 1 is 0.863 bits per heavy atom. The third-order valence-electron chi connectivity index (χ3n) is 7.21. The van der Waals surface area contributed by atoms with Crippen LogP contribution in [-0.2, 0) is 14.5 Å². The number of anilines is 1. The number of hydrogen-bond acceptors (Lipinski definition) is 8. The van der Waals surface area contributed by atoms with Gasteiger partial charge in [-0.3, -0.25) is 24.1 Å². The van der Waals surface area contributed by atoms with Gasteiger partial charge >= 0.3 is 0 Å². The van der Waals surface area contributed by atoms with Gasteiger partial charge in [0.15, 0.2) is 0 Å². The third-order valence-corrected chi connectivity index (χ3v) is 7.21. The molecule has 3 aromatic rings. The second-order valence-corrected chi connectivity index (χ2v) is 11.6. The Kier molecular flexibility index (Phi) is 13.4. The molecule has 1 aliphatic rings. The summed E-state index contributed by atoms with van der Waals surface area (Å²) in [4.78, 5) is 58.5. The highest BCUT2D eigenvalue weighted by Gasteiger charge is 2.35. The SMILES string of the molecule is CC(O)C(NC(=O)c1ccc(C#CC#CCN(C)C)cc1)C(=O)NON1CCC(NC(=O)c2ccc(C#CC#Cc3ccc(N)cc3)cc2)C1=O. The Balaban J connectivity index is 1.24. The summed E-state index contributed by atoms with van der Waals surface area (Å²) in [5.41, 5.74) is 11.1. The molecule has 51 heavy (non-hydrogen) atoms. The Morgan fingerprint density at radius 3 is 1.90 bits per heavy atom. The van der Waals surface area contributed by atoms with Gasteiger partial charge in [0.2, 0.25) is 0 Å². The maximum atomic E-state index is 12.9. The van der Waals surface area contributed by atoms with E-state index in [0.717, 1.165) is 10.6 Å². The van der Waals surface area contributed by atoms with Crippen LogP contribution < -0.4 is 21.8 Å². The van der Waals surface area contributed by atoms with Gasteiger partial charge in [0.25, 0.3) is 23.6 Å². The van der Waals surface area contributed by atoms with E-state index < -0.39 is 41.8 Å². The van der Waals surface area contributed by atoms with E-state index in [9.17, 15) is 24.3 Å². The number of aliphatic hydroxyl groups excluding tert-OH is 1. The van der Waals surface area contributed by atoms with Crippen LogP contribution in [0.4, 0.5) is 5.69 Å². The van der Waals surface area contributed by atoms with Crippen molar-refractivity contribution in [3.8, 4) is 47.4 Å². The molecule has 0 aromatic heterocycles. The summed E-state index contributed by atoms with van der Waals surface area (Å²) in [6, 6.07) is 17.6. The largest absolute Gasteiger partial charge is 0.399 e. The summed E-state index contributed by atoms with van der Waals surface area (Å²) < 4.78 is 0. The smallest absolute Gasteiger partial charge is 0.270 e. The summed E-state index contributed by atoms with van der Waals surface area (Å²) in [7, 11) is 3.81. The highest BCUT2D eigenvalue weighted by molar-refractivity contribution is 5.98. The van der Waals surface area contributed by atoms with Crippen LogP contribution in [0.3, 0.4) is 0 Å². The molecule has 0 spiro atoms. The van der Waals surface area contributed by atoms with Crippen LogP contribution in [0.5, 0.6) is 0 Å². The molecule has 1 aliphatic heterocycles. The molecule has 1 saturated heterocycles. The zero-order chi connectivity index (χ0) is 36.8. The fraction of sp³-hybridized carbons (Fsp3) is 0.231. The molecular formula is C39H36N6O6. The van der Waals surface area contributed by atoms with Crippen molar-refractivity contribution in [2.24, 2.45) is 0 Å². The fourth-order valence-electron chi connectivity index (χ4n) is 4.44. The lowest BCUT2D eigenvalue weighted by Crippen LogP contribution is -2.54. The van der Waals surface area contributed by atoms with Crippen molar-refractivity contribution in [1.29, 1.82) is 0 Å². The number of nitrogens with two attached hydrogens (primary N) is 1. The topological polar surface area (TPSA) is 166 Å². The third kappa shape index (κ3) is 11.5. The number of hydroxylamine groups is 3. The van der Waals surface area contributed by atoms with E-state index >= 15 is 0 Å². The molecule has 0 bridgehead atoms. The molecule has 0 radical (unpaired) electrons. The number of nitrogen functional groups attached to an aromatic ring is 1. The lowest BCUT2D eigenvalue weighted by molar-refractivity contribution is -0.208. The van der Waals surface area contributed by atoms with Crippen molar-refractivity contribution < 1.29 is 29.2 Å². The van der Waals surface area contributed by atoms with Crippen LogP contribution in [0, 0.1) is 47.4 Å². The molecular weight excluding hydrogens is 648 g/mol. The van der Waals surface area contributed by atoms with Gasteiger partial charge < -0.3 is 21.5 Å². The first-order valence-electron chi connectivity index (χ1n) is 15.8. The van der Waals surface area contributed by atoms with Gasteiger partial charge in [-0.15, -0.1) is 0 Å². The molecule has 1 heterocycles. The molecule has 12 heteroatoms. The average molecular weight is 685 g/mol. The van der Waals surface area contributed by atoms with Crippen LogP contribution in [0.15, 0.2) is 72.8 Å². The summed E-state index contributed by atoms with van der Waals surface area (Å²) in [5, 5.41) is 16.2. The minimum atomic E-state index is -1.40. The van der Waals surface area contributed by atoms with E-state index in [1.54, 1.807) is 60.7 Å². The number of aliphatic hydroxyl groups is 1. The number of hydrogen-bond donors (Lipinski definition) is 5. The Morgan fingerprint density at radius 2 is 1.37 bits per heavy atom. The lowest BCUT2D eigenvalue weighted by Gasteiger charge is -2.22. The molecule has 1 fully saturated rings. The second kappa shape index (κ2) is 18.3. The molecule has 0 aliphatic carbocycles. The molecule has 3 atom stereocenters. The van der Waals surface area contributed by atoms with E-state index in [4.69, 9.17) is 10.7 Å². The van der Waals surface area contributed by atoms with Crippen molar-refractivity contribution >= 4 is 29.3 Å². The van der Waals surface area contributed by atoms with Crippen molar-refractivity contribution in [3.05, 3.63) is 101 Å². The van der Waals surface area contributed by atoms with Crippen LogP contribution in [0.1, 0.15) is 50.8 Å². The normalized spacial score (nSPS) is 14.2. The predicted octanol–water partition coefficient (Wildman–Crippen LogP) is 1.06. The molecule has 4 rings (SSSR count). The van der Waals surface area contributed by atoms with E-state index in [0.29, 0.717) is 28.9 Å². The van der Waals surface area contributed by atoms with Crippen molar-refractivity contribution in [2.45, 2.75) is 31.5 Å². The maximum Gasteiger partial charge on any atom is 0.270 e. The van der Waals surface area contributed by atoms with E-state index in [1.165, 1.54) is 19.1 Å². The Hall–Kier alpha value is -6.54. The summed E-state index contributed by atoms with van der Waals surface area (Å²) >= 11 is 0. The van der Waals surface area contributed by atoms with Crippen molar-refractivity contribution in [2.75, 3.05) is 32.9 Å². The van der Waals surface area contributed by atoms with Gasteiger partial charge in [-0.05, 0) is 124 Å². The number of carbonyl (C=O) groups is 4. The zero-order valence-electron chi connectivity index (χ0n) is 28.2. The number of nitrogens with one attached hydrogen (secondary N) is 3. The first-order valence-corrected chi connectivity index (χ1v) is 15.8. The number of nitrogens with zero attached hydrogens (tertiary/aromatic N) is 2.